The molecule has 0 radical (unpaired) electrons. The summed E-state index contributed by atoms with van der Waals surface area (Å²) in [6.45, 7) is 0. The summed E-state index contributed by atoms with van der Waals surface area (Å²) in [5.41, 5.74) is 7.35. The van der Waals surface area contributed by atoms with Crippen LogP contribution in [0.1, 0.15) is 37.3 Å². The largest absolute Gasteiger partial charge is 0.328 e. The third-order valence-electron chi connectivity index (χ3n) is 3.84. The Kier molecular flexibility index (Phi) is 4.60. The summed E-state index contributed by atoms with van der Waals surface area (Å²) in [6.07, 6.45) is 4.78. The van der Waals surface area contributed by atoms with Crippen LogP contribution in [0.25, 0.3) is 0 Å². The molecule has 1 aromatic rings. The van der Waals surface area contributed by atoms with Crippen LogP contribution in [0.5, 0.6) is 0 Å². The topological polar surface area (TPSA) is 38.0 Å². The molecule has 1 fully saturated rings. The van der Waals surface area contributed by atoms with Gasteiger partial charge in [0.1, 0.15) is 0 Å². The van der Waals surface area contributed by atoms with E-state index in [2.05, 4.69) is 52.6 Å². The summed E-state index contributed by atoms with van der Waals surface area (Å²) in [4.78, 5) is 0. The maximum atomic E-state index is 5.98. The molecular weight excluding hydrogens is 276 g/mol. The van der Waals surface area contributed by atoms with Gasteiger partial charge in [0.15, 0.2) is 0 Å². The highest BCUT2D eigenvalue weighted by Crippen LogP contribution is 2.36. The summed E-state index contributed by atoms with van der Waals surface area (Å²) in [6, 6.07) is 9.37. The molecule has 1 aromatic carbocycles. The molecule has 3 N–H and O–H groups in total. The van der Waals surface area contributed by atoms with Gasteiger partial charge in [-0.1, -0.05) is 34.1 Å². The molecule has 1 aliphatic rings. The summed E-state index contributed by atoms with van der Waals surface area (Å²) in [5, 5.41) is 3.47. The fourth-order valence-electron chi connectivity index (χ4n) is 2.85. The molecule has 1 aliphatic carbocycles. The van der Waals surface area contributed by atoms with Crippen molar-refractivity contribution in [1.82, 2.24) is 5.32 Å². The lowest BCUT2D eigenvalue weighted by Crippen LogP contribution is -2.33. The van der Waals surface area contributed by atoms with Crippen molar-refractivity contribution in [2.75, 3.05) is 7.05 Å². The van der Waals surface area contributed by atoms with Crippen LogP contribution in [0.15, 0.2) is 28.7 Å². The van der Waals surface area contributed by atoms with Gasteiger partial charge in [-0.2, -0.15) is 0 Å². The van der Waals surface area contributed by atoms with E-state index in [-0.39, 0.29) is 0 Å². The normalized spacial score (nSPS) is 26.8. The molecule has 0 spiro atoms. The Balaban J connectivity index is 2.14. The maximum Gasteiger partial charge on any atom is 0.0357 e. The highest BCUT2D eigenvalue weighted by molar-refractivity contribution is 9.10. The maximum absolute atomic E-state index is 5.98. The Hall–Kier alpha value is -0.380. The number of nitrogens with two attached hydrogens (primary N) is 1. The Bertz CT molecular complexity index is 359. The first-order valence-corrected chi connectivity index (χ1v) is 7.19. The summed E-state index contributed by atoms with van der Waals surface area (Å²) >= 11 is 3.65. The first-order chi connectivity index (χ1) is 8.22. The summed E-state index contributed by atoms with van der Waals surface area (Å²) in [7, 11) is 2.05. The van der Waals surface area contributed by atoms with Gasteiger partial charge in [-0.15, -0.1) is 0 Å². The van der Waals surface area contributed by atoms with Crippen molar-refractivity contribution in [3.63, 3.8) is 0 Å². The fraction of sp³-hybridized carbons (Fsp3) is 0.571. The standard InChI is InChI=1S/C14H21BrN2/c1-17-14(10-6-8-11(16)9-7-10)12-4-2-3-5-13(12)15/h2-5,10-11,14,17H,6-9,16H2,1H3. The smallest absolute Gasteiger partial charge is 0.0357 e. The Morgan fingerprint density at radius 3 is 2.47 bits per heavy atom. The Morgan fingerprint density at radius 1 is 1.24 bits per heavy atom. The summed E-state index contributed by atoms with van der Waals surface area (Å²) in [5.74, 6) is 0.707. The van der Waals surface area contributed by atoms with Gasteiger partial charge in [0, 0.05) is 16.6 Å². The van der Waals surface area contributed by atoms with Gasteiger partial charge < -0.3 is 11.1 Å². The average molecular weight is 297 g/mol. The van der Waals surface area contributed by atoms with Gasteiger partial charge in [0.2, 0.25) is 0 Å². The fourth-order valence-corrected chi connectivity index (χ4v) is 3.38. The average Bonchev–Trinajstić information content (AvgIpc) is 2.35. The zero-order valence-corrected chi connectivity index (χ0v) is 11.9. The van der Waals surface area contributed by atoms with Crippen LogP contribution in [-0.2, 0) is 0 Å². The lowest BCUT2D eigenvalue weighted by atomic mass is 9.79. The molecule has 2 nitrogen and oxygen atoms in total. The van der Waals surface area contributed by atoms with Gasteiger partial charge in [0.25, 0.3) is 0 Å². The quantitative estimate of drug-likeness (QED) is 0.899. The lowest BCUT2D eigenvalue weighted by molar-refractivity contribution is 0.262. The molecule has 2 rings (SSSR count). The second-order valence-electron chi connectivity index (χ2n) is 4.96. The molecule has 1 saturated carbocycles. The van der Waals surface area contributed by atoms with Gasteiger partial charge in [-0.3, -0.25) is 0 Å². The van der Waals surface area contributed by atoms with Gasteiger partial charge in [0.05, 0.1) is 0 Å². The van der Waals surface area contributed by atoms with Crippen LogP contribution in [0, 0.1) is 5.92 Å². The van der Waals surface area contributed by atoms with Crippen LogP contribution in [0.4, 0.5) is 0 Å². The Labute approximate surface area is 112 Å². The van der Waals surface area contributed by atoms with Crippen molar-refractivity contribution in [2.45, 2.75) is 37.8 Å². The molecule has 0 saturated heterocycles. The van der Waals surface area contributed by atoms with E-state index in [0.717, 1.165) is 12.8 Å². The van der Waals surface area contributed by atoms with E-state index in [1.165, 1.54) is 22.9 Å². The van der Waals surface area contributed by atoms with Gasteiger partial charge in [-0.05, 0) is 50.3 Å². The number of hydrogen-bond acceptors (Lipinski definition) is 2. The van der Waals surface area contributed by atoms with Crippen LogP contribution >= 0.6 is 15.9 Å². The number of nitrogens with one attached hydrogen (secondary N) is 1. The molecule has 17 heavy (non-hydrogen) atoms. The SMILES string of the molecule is CNC(c1ccccc1Br)C1CCC(N)CC1. The molecule has 94 valence electrons. The second kappa shape index (κ2) is 5.98. The van der Waals surface area contributed by atoms with E-state index in [1.807, 2.05) is 0 Å². The minimum atomic E-state index is 0.419. The number of hydrogen-bond donors (Lipinski definition) is 2. The van der Waals surface area contributed by atoms with Crippen molar-refractivity contribution in [3.8, 4) is 0 Å². The molecule has 3 heteroatoms. The predicted molar refractivity (Wildman–Crippen MR) is 75.9 cm³/mol. The number of rotatable bonds is 3. The molecule has 0 aliphatic heterocycles. The monoisotopic (exact) mass is 296 g/mol. The van der Waals surface area contributed by atoms with E-state index in [0.29, 0.717) is 18.0 Å². The van der Waals surface area contributed by atoms with E-state index in [1.54, 1.807) is 0 Å². The van der Waals surface area contributed by atoms with Crippen molar-refractivity contribution < 1.29 is 0 Å². The van der Waals surface area contributed by atoms with E-state index in [4.69, 9.17) is 5.73 Å². The van der Waals surface area contributed by atoms with Crippen LogP contribution < -0.4 is 11.1 Å². The van der Waals surface area contributed by atoms with E-state index < -0.39 is 0 Å². The zero-order chi connectivity index (χ0) is 12.3. The number of benzene rings is 1. The third kappa shape index (κ3) is 3.09. The molecular formula is C14H21BrN2. The first kappa shape index (κ1) is 13.1. The van der Waals surface area contributed by atoms with Crippen LogP contribution in [-0.4, -0.2) is 13.1 Å². The van der Waals surface area contributed by atoms with Gasteiger partial charge in [-0.25, -0.2) is 0 Å². The highest BCUT2D eigenvalue weighted by Gasteiger charge is 2.27. The molecule has 1 unspecified atom stereocenters. The molecule has 0 aromatic heterocycles. The first-order valence-electron chi connectivity index (χ1n) is 6.39. The van der Waals surface area contributed by atoms with Crippen molar-refractivity contribution in [1.29, 1.82) is 0 Å². The molecule has 0 bridgehead atoms. The number of halogens is 1. The van der Waals surface area contributed by atoms with Gasteiger partial charge >= 0.3 is 0 Å². The van der Waals surface area contributed by atoms with Crippen LogP contribution in [0.2, 0.25) is 0 Å². The zero-order valence-electron chi connectivity index (χ0n) is 10.3. The lowest BCUT2D eigenvalue weighted by Gasteiger charge is -2.33. The molecule has 0 heterocycles. The van der Waals surface area contributed by atoms with Crippen molar-refractivity contribution in [3.05, 3.63) is 34.3 Å². The minimum Gasteiger partial charge on any atom is -0.328 e. The van der Waals surface area contributed by atoms with Crippen LogP contribution in [0.3, 0.4) is 0 Å². The van der Waals surface area contributed by atoms with Crippen molar-refractivity contribution >= 4 is 15.9 Å². The molecule has 1 atom stereocenters. The highest BCUT2D eigenvalue weighted by atomic mass is 79.9. The second-order valence-corrected chi connectivity index (χ2v) is 5.82. The summed E-state index contributed by atoms with van der Waals surface area (Å²) < 4.78 is 1.20. The Morgan fingerprint density at radius 2 is 1.88 bits per heavy atom. The van der Waals surface area contributed by atoms with Crippen molar-refractivity contribution in [2.24, 2.45) is 11.7 Å². The van der Waals surface area contributed by atoms with E-state index >= 15 is 0 Å². The third-order valence-corrected chi connectivity index (χ3v) is 4.56. The minimum absolute atomic E-state index is 0.419. The molecule has 0 amide bonds. The van der Waals surface area contributed by atoms with E-state index in [9.17, 15) is 0 Å². The predicted octanol–water partition coefficient (Wildman–Crippen LogP) is 3.23.